The summed E-state index contributed by atoms with van der Waals surface area (Å²) in [6.07, 6.45) is 0.473. The average molecular weight is 335 g/mol. The molecule has 1 aliphatic heterocycles. The van der Waals surface area contributed by atoms with E-state index < -0.39 is 12.1 Å². The summed E-state index contributed by atoms with van der Waals surface area (Å²) in [5.41, 5.74) is 1.28. The van der Waals surface area contributed by atoms with Crippen LogP contribution in [0.2, 0.25) is 0 Å². The van der Waals surface area contributed by atoms with Gasteiger partial charge in [-0.05, 0) is 18.4 Å². The molecule has 1 atom stereocenters. The summed E-state index contributed by atoms with van der Waals surface area (Å²) < 4.78 is 4.90. The predicted molar refractivity (Wildman–Crippen MR) is 89.7 cm³/mol. The predicted octanol–water partition coefficient (Wildman–Crippen LogP) is 1.05. The van der Waals surface area contributed by atoms with Crippen LogP contribution in [0.4, 0.5) is 4.79 Å². The third-order valence-electron chi connectivity index (χ3n) is 4.13. The van der Waals surface area contributed by atoms with Gasteiger partial charge in [0.05, 0.1) is 6.61 Å². The van der Waals surface area contributed by atoms with Gasteiger partial charge in [0.25, 0.3) is 0 Å². The van der Waals surface area contributed by atoms with Gasteiger partial charge in [-0.1, -0.05) is 30.3 Å². The molecule has 1 saturated heterocycles. The Labute approximate surface area is 142 Å². The molecule has 0 spiro atoms. The van der Waals surface area contributed by atoms with Crippen molar-refractivity contribution in [3.8, 4) is 0 Å². The number of carbonyl (C=O) groups is 2. The normalized spacial score (nSPS) is 17.2. The maximum Gasteiger partial charge on any atom is 0.405 e. The van der Waals surface area contributed by atoms with Crippen LogP contribution in [0.5, 0.6) is 0 Å². The smallest absolute Gasteiger partial charge is 0.405 e. The second-order valence-electron chi connectivity index (χ2n) is 6.00. The van der Waals surface area contributed by atoms with Crippen molar-refractivity contribution in [2.24, 2.45) is 0 Å². The first kappa shape index (κ1) is 18.2. The lowest BCUT2D eigenvalue weighted by molar-refractivity contribution is -0.125. The molecule has 0 bridgehead atoms. The van der Waals surface area contributed by atoms with E-state index in [4.69, 9.17) is 9.84 Å². The quantitative estimate of drug-likeness (QED) is 0.693. The molecule has 2 amide bonds. The minimum Gasteiger partial charge on any atom is -0.465 e. The molecule has 0 unspecified atom stereocenters. The van der Waals surface area contributed by atoms with Crippen molar-refractivity contribution in [3.63, 3.8) is 0 Å². The second kappa shape index (κ2) is 9.24. The fraction of sp³-hybridized carbons (Fsp3) is 0.529. The van der Waals surface area contributed by atoms with Crippen LogP contribution in [-0.2, 0) is 16.1 Å². The van der Waals surface area contributed by atoms with E-state index in [9.17, 15) is 9.59 Å². The summed E-state index contributed by atoms with van der Waals surface area (Å²) in [5.74, 6) is -0.333. The Balaban J connectivity index is 1.77. The number of amides is 2. The van der Waals surface area contributed by atoms with Crippen LogP contribution in [0.15, 0.2) is 30.3 Å². The van der Waals surface area contributed by atoms with E-state index in [-0.39, 0.29) is 18.6 Å². The van der Waals surface area contributed by atoms with Crippen molar-refractivity contribution >= 4 is 12.0 Å². The minimum atomic E-state index is -1.23. The standard InChI is InChI=1S/C17H25N3O4/c1-24-12-15(19-17(22)23)16(21)18-14-7-9-20(10-8-14)11-13-5-3-2-4-6-13/h2-6,14-15,19H,7-12H2,1H3,(H,18,21)(H,22,23)/t15-/m0/s1. The van der Waals surface area contributed by atoms with Crippen molar-refractivity contribution in [3.05, 3.63) is 35.9 Å². The third-order valence-corrected chi connectivity index (χ3v) is 4.13. The number of nitrogens with one attached hydrogen (secondary N) is 2. The van der Waals surface area contributed by atoms with Gasteiger partial charge in [-0.25, -0.2) is 4.79 Å². The number of piperidine rings is 1. The molecule has 7 nitrogen and oxygen atoms in total. The Morgan fingerprint density at radius 3 is 2.54 bits per heavy atom. The Morgan fingerprint density at radius 1 is 1.29 bits per heavy atom. The number of methoxy groups -OCH3 is 1. The third kappa shape index (κ3) is 5.82. The summed E-state index contributed by atoms with van der Waals surface area (Å²) in [7, 11) is 1.44. The molecule has 1 heterocycles. The van der Waals surface area contributed by atoms with Crippen LogP contribution < -0.4 is 10.6 Å². The van der Waals surface area contributed by atoms with Crippen molar-refractivity contribution in [1.82, 2.24) is 15.5 Å². The van der Waals surface area contributed by atoms with Crippen LogP contribution >= 0.6 is 0 Å². The molecule has 132 valence electrons. The molecule has 0 saturated carbocycles. The number of hydrogen-bond donors (Lipinski definition) is 3. The zero-order chi connectivity index (χ0) is 17.4. The first-order valence-electron chi connectivity index (χ1n) is 8.13. The van der Waals surface area contributed by atoms with Gasteiger partial charge in [0, 0.05) is 32.8 Å². The summed E-state index contributed by atoms with van der Waals surface area (Å²) in [6, 6.07) is 9.49. The van der Waals surface area contributed by atoms with E-state index >= 15 is 0 Å². The summed E-state index contributed by atoms with van der Waals surface area (Å²) in [5, 5.41) is 13.9. The molecule has 3 N–H and O–H groups in total. The van der Waals surface area contributed by atoms with Crippen LogP contribution in [0, 0.1) is 0 Å². The lowest BCUT2D eigenvalue weighted by Crippen LogP contribution is -2.53. The maximum atomic E-state index is 12.2. The number of ether oxygens (including phenoxy) is 1. The highest BCUT2D eigenvalue weighted by Gasteiger charge is 2.25. The Bertz CT molecular complexity index is 530. The highest BCUT2D eigenvalue weighted by molar-refractivity contribution is 5.85. The minimum absolute atomic E-state index is 0.0188. The fourth-order valence-corrected chi connectivity index (χ4v) is 2.88. The zero-order valence-electron chi connectivity index (χ0n) is 13.9. The van der Waals surface area contributed by atoms with E-state index in [2.05, 4.69) is 27.7 Å². The average Bonchev–Trinajstić information content (AvgIpc) is 2.57. The molecule has 0 radical (unpaired) electrons. The molecule has 24 heavy (non-hydrogen) atoms. The Morgan fingerprint density at radius 2 is 1.96 bits per heavy atom. The highest BCUT2D eigenvalue weighted by atomic mass is 16.5. The number of carboxylic acid groups (broad SMARTS) is 1. The number of rotatable bonds is 7. The number of carbonyl (C=O) groups excluding carboxylic acids is 1. The van der Waals surface area contributed by atoms with E-state index in [0.29, 0.717) is 0 Å². The Hall–Kier alpha value is -2.12. The number of benzene rings is 1. The van der Waals surface area contributed by atoms with E-state index in [1.54, 1.807) is 0 Å². The van der Waals surface area contributed by atoms with Gasteiger partial charge in [-0.3, -0.25) is 9.69 Å². The summed E-state index contributed by atoms with van der Waals surface area (Å²) >= 11 is 0. The molecular weight excluding hydrogens is 310 g/mol. The van der Waals surface area contributed by atoms with Gasteiger partial charge in [0.15, 0.2) is 0 Å². The first-order valence-corrected chi connectivity index (χ1v) is 8.13. The van der Waals surface area contributed by atoms with Gasteiger partial charge in [-0.15, -0.1) is 0 Å². The molecule has 2 rings (SSSR count). The van der Waals surface area contributed by atoms with Gasteiger partial charge in [0.2, 0.25) is 5.91 Å². The molecule has 1 aromatic rings. The molecule has 1 fully saturated rings. The first-order chi connectivity index (χ1) is 11.6. The van der Waals surface area contributed by atoms with E-state index in [0.717, 1.165) is 32.5 Å². The monoisotopic (exact) mass is 335 g/mol. The highest BCUT2D eigenvalue weighted by Crippen LogP contribution is 2.14. The second-order valence-corrected chi connectivity index (χ2v) is 6.00. The number of nitrogens with zero attached hydrogens (tertiary/aromatic N) is 1. The fourth-order valence-electron chi connectivity index (χ4n) is 2.88. The van der Waals surface area contributed by atoms with E-state index in [1.165, 1.54) is 12.7 Å². The largest absolute Gasteiger partial charge is 0.465 e. The van der Waals surface area contributed by atoms with Crippen molar-refractivity contribution in [2.75, 3.05) is 26.8 Å². The van der Waals surface area contributed by atoms with Crippen molar-refractivity contribution in [2.45, 2.75) is 31.5 Å². The summed E-state index contributed by atoms with van der Waals surface area (Å²) in [4.78, 5) is 25.3. The van der Waals surface area contributed by atoms with Crippen molar-refractivity contribution in [1.29, 1.82) is 0 Å². The van der Waals surface area contributed by atoms with E-state index in [1.807, 2.05) is 18.2 Å². The van der Waals surface area contributed by atoms with Crippen molar-refractivity contribution < 1.29 is 19.4 Å². The molecule has 0 aromatic heterocycles. The number of likely N-dealkylation sites (tertiary alicyclic amines) is 1. The van der Waals surface area contributed by atoms with Gasteiger partial charge in [-0.2, -0.15) is 0 Å². The molecule has 7 heteroatoms. The molecule has 1 aromatic carbocycles. The molecule has 0 aliphatic carbocycles. The van der Waals surface area contributed by atoms with Gasteiger partial charge in [0.1, 0.15) is 6.04 Å². The maximum absolute atomic E-state index is 12.2. The van der Waals surface area contributed by atoms with Gasteiger partial charge < -0.3 is 20.5 Å². The van der Waals surface area contributed by atoms with Crippen LogP contribution in [0.3, 0.4) is 0 Å². The lowest BCUT2D eigenvalue weighted by Gasteiger charge is -2.33. The lowest BCUT2D eigenvalue weighted by atomic mass is 10.0. The molecule has 1 aliphatic rings. The molecular formula is C17H25N3O4. The van der Waals surface area contributed by atoms with Gasteiger partial charge >= 0.3 is 6.09 Å². The Kier molecular flexibility index (Phi) is 7.02. The summed E-state index contributed by atoms with van der Waals surface area (Å²) in [6.45, 7) is 2.74. The number of hydrogen-bond acceptors (Lipinski definition) is 4. The SMILES string of the molecule is COC[C@H](NC(=O)O)C(=O)NC1CCN(Cc2ccccc2)CC1. The van der Waals surface area contributed by atoms with Crippen LogP contribution in [0.25, 0.3) is 0 Å². The zero-order valence-corrected chi connectivity index (χ0v) is 13.9. The van der Waals surface area contributed by atoms with Crippen LogP contribution in [-0.4, -0.2) is 60.9 Å². The van der Waals surface area contributed by atoms with Crippen LogP contribution in [0.1, 0.15) is 18.4 Å². The topological polar surface area (TPSA) is 90.9 Å².